The zero-order chi connectivity index (χ0) is 16.8. The van der Waals surface area contributed by atoms with Crippen molar-refractivity contribution >= 4 is 19.5 Å². The van der Waals surface area contributed by atoms with E-state index in [0.29, 0.717) is 0 Å². The molecule has 122 valence electrons. The van der Waals surface area contributed by atoms with E-state index in [2.05, 4.69) is 0 Å². The fraction of sp³-hybridized carbons (Fsp3) is 0.385. The van der Waals surface area contributed by atoms with Gasteiger partial charge in [-0.3, -0.25) is 9.36 Å². The fourth-order valence-corrected chi connectivity index (χ4v) is 2.22. The molecule has 22 heavy (non-hydrogen) atoms. The van der Waals surface area contributed by atoms with Crippen LogP contribution >= 0.6 is 7.60 Å². The lowest BCUT2D eigenvalue weighted by Crippen LogP contribution is -2.39. The van der Waals surface area contributed by atoms with Crippen molar-refractivity contribution in [3.8, 4) is 0 Å². The molecule has 1 aromatic carbocycles. The number of carbonyl (C=O) groups is 2. The van der Waals surface area contributed by atoms with Gasteiger partial charge in [-0.1, -0.05) is 30.3 Å². The highest BCUT2D eigenvalue weighted by Gasteiger charge is 2.33. The average molecular weight is 330 g/mol. The van der Waals surface area contributed by atoms with E-state index in [1.807, 2.05) is 5.32 Å². The van der Waals surface area contributed by atoms with Crippen LogP contribution in [0.25, 0.3) is 0 Å². The summed E-state index contributed by atoms with van der Waals surface area (Å²) in [6.45, 7) is 1.34. The Hall–Kier alpha value is -1.73. The largest absolute Gasteiger partial charge is 0.445 e. The van der Waals surface area contributed by atoms with Crippen molar-refractivity contribution in [2.24, 2.45) is 5.73 Å². The van der Waals surface area contributed by atoms with E-state index in [4.69, 9.17) is 10.5 Å². The Morgan fingerprint density at radius 2 is 1.91 bits per heavy atom. The number of nitrogens with two attached hydrogens (primary N) is 1. The molecule has 0 aliphatic rings. The standard InChI is InChI=1S/C13H19N2O6P/c1-9(14)11(16)7-12(22(18,19)20)15-13(17)21-8-10-5-3-2-4-6-10/h2-6,9,12H,7-8,14H2,1H3,(H,15,17)(H2,18,19,20). The molecule has 8 nitrogen and oxygen atoms in total. The van der Waals surface area contributed by atoms with E-state index < -0.39 is 37.7 Å². The summed E-state index contributed by atoms with van der Waals surface area (Å²) in [5, 5.41) is 2.01. The summed E-state index contributed by atoms with van der Waals surface area (Å²) in [6, 6.07) is 7.90. The second-order valence-corrected chi connectivity index (χ2v) is 6.57. The number of benzene rings is 1. The first-order valence-electron chi connectivity index (χ1n) is 6.51. The molecular weight excluding hydrogens is 311 g/mol. The first-order chi connectivity index (χ1) is 10.2. The molecular formula is C13H19N2O6P. The summed E-state index contributed by atoms with van der Waals surface area (Å²) in [5.74, 6) is -2.23. The van der Waals surface area contributed by atoms with Crippen molar-refractivity contribution in [2.75, 3.05) is 0 Å². The number of hydrogen-bond acceptors (Lipinski definition) is 5. The zero-order valence-corrected chi connectivity index (χ0v) is 12.9. The number of alkyl carbamates (subject to hydrolysis) is 1. The smallest absolute Gasteiger partial charge is 0.408 e. The van der Waals surface area contributed by atoms with Crippen molar-refractivity contribution in [3.05, 3.63) is 35.9 Å². The highest BCUT2D eigenvalue weighted by molar-refractivity contribution is 7.52. The Labute approximate surface area is 127 Å². The van der Waals surface area contributed by atoms with Gasteiger partial charge in [0.2, 0.25) is 0 Å². The molecule has 0 fully saturated rings. The van der Waals surface area contributed by atoms with Gasteiger partial charge < -0.3 is 25.6 Å². The van der Waals surface area contributed by atoms with Gasteiger partial charge >= 0.3 is 13.7 Å². The normalized spacial score (nSPS) is 14.0. The number of nitrogens with one attached hydrogen (secondary N) is 1. The Balaban J connectivity index is 2.60. The Morgan fingerprint density at radius 3 is 2.41 bits per heavy atom. The monoisotopic (exact) mass is 330 g/mol. The van der Waals surface area contributed by atoms with Crippen molar-refractivity contribution < 1.29 is 28.7 Å². The summed E-state index contributed by atoms with van der Waals surface area (Å²) in [6.07, 6.45) is -1.59. The third-order valence-corrected chi connectivity index (χ3v) is 3.93. The lowest BCUT2D eigenvalue weighted by Gasteiger charge is -2.19. The third kappa shape index (κ3) is 6.36. The second kappa shape index (κ2) is 8.05. The first-order valence-corrected chi connectivity index (χ1v) is 8.19. The van der Waals surface area contributed by atoms with Crippen LogP contribution in [0.1, 0.15) is 18.9 Å². The van der Waals surface area contributed by atoms with Gasteiger partial charge in [0, 0.05) is 6.42 Å². The van der Waals surface area contributed by atoms with E-state index in [1.54, 1.807) is 30.3 Å². The van der Waals surface area contributed by atoms with E-state index in [-0.39, 0.29) is 6.61 Å². The van der Waals surface area contributed by atoms with E-state index in [1.165, 1.54) is 6.92 Å². The van der Waals surface area contributed by atoms with Crippen LogP contribution in [0.4, 0.5) is 4.79 Å². The third-order valence-electron chi connectivity index (χ3n) is 2.81. The van der Waals surface area contributed by atoms with Crippen LogP contribution in [0.2, 0.25) is 0 Å². The zero-order valence-electron chi connectivity index (χ0n) is 12.0. The van der Waals surface area contributed by atoms with Gasteiger partial charge in [-0.25, -0.2) is 4.79 Å². The van der Waals surface area contributed by atoms with E-state index in [0.717, 1.165) is 5.56 Å². The summed E-state index contributed by atoms with van der Waals surface area (Å²) in [7, 11) is -4.71. The molecule has 0 spiro atoms. The number of ether oxygens (including phenoxy) is 1. The minimum atomic E-state index is -4.71. The average Bonchev–Trinajstić information content (AvgIpc) is 2.44. The first kappa shape index (κ1) is 18.3. The Morgan fingerprint density at radius 1 is 1.32 bits per heavy atom. The minimum Gasteiger partial charge on any atom is -0.445 e. The van der Waals surface area contributed by atoms with E-state index >= 15 is 0 Å². The molecule has 1 aromatic rings. The maximum atomic E-state index is 11.6. The van der Waals surface area contributed by atoms with Gasteiger partial charge in [-0.05, 0) is 12.5 Å². The van der Waals surface area contributed by atoms with Crippen molar-refractivity contribution in [1.29, 1.82) is 0 Å². The molecule has 2 unspecified atom stereocenters. The number of carbonyl (C=O) groups excluding carboxylic acids is 2. The van der Waals surface area contributed by atoms with Gasteiger partial charge in [0.25, 0.3) is 0 Å². The Bertz CT molecular complexity index is 557. The summed E-state index contributed by atoms with van der Waals surface area (Å²) in [4.78, 5) is 41.5. The summed E-state index contributed by atoms with van der Waals surface area (Å²) < 4.78 is 16.2. The van der Waals surface area contributed by atoms with Gasteiger partial charge in [-0.2, -0.15) is 0 Å². The van der Waals surface area contributed by atoms with Gasteiger partial charge in [0.05, 0.1) is 6.04 Å². The predicted octanol–water partition coefficient (Wildman–Crippen LogP) is 0.723. The van der Waals surface area contributed by atoms with Crippen molar-refractivity contribution in [1.82, 2.24) is 5.32 Å². The molecule has 0 aromatic heterocycles. The molecule has 0 heterocycles. The molecule has 0 saturated carbocycles. The van der Waals surface area contributed by atoms with Crippen LogP contribution in [0, 0.1) is 0 Å². The van der Waals surface area contributed by atoms with Crippen LogP contribution in [-0.4, -0.2) is 33.5 Å². The number of hydrogen-bond donors (Lipinski definition) is 4. The number of Topliss-reactive ketones (excluding diaryl/α,β-unsaturated/α-hetero) is 1. The molecule has 2 atom stereocenters. The molecule has 1 amide bonds. The lowest BCUT2D eigenvalue weighted by atomic mass is 10.2. The topological polar surface area (TPSA) is 139 Å². The summed E-state index contributed by atoms with van der Waals surface area (Å²) >= 11 is 0. The molecule has 0 bridgehead atoms. The minimum absolute atomic E-state index is 0.0538. The molecule has 0 radical (unpaired) electrons. The Kier molecular flexibility index (Phi) is 6.70. The second-order valence-electron chi connectivity index (χ2n) is 4.77. The van der Waals surface area contributed by atoms with Crippen LogP contribution in [0.5, 0.6) is 0 Å². The highest BCUT2D eigenvalue weighted by Crippen LogP contribution is 2.41. The number of rotatable bonds is 7. The van der Waals surface area contributed by atoms with Crippen LogP contribution in [-0.2, 0) is 20.7 Å². The van der Waals surface area contributed by atoms with Gasteiger partial charge in [0.1, 0.15) is 12.4 Å². The van der Waals surface area contributed by atoms with Crippen LogP contribution in [0.3, 0.4) is 0 Å². The lowest BCUT2D eigenvalue weighted by molar-refractivity contribution is -0.120. The highest BCUT2D eigenvalue weighted by atomic mass is 31.2. The van der Waals surface area contributed by atoms with Gasteiger partial charge in [0.15, 0.2) is 5.78 Å². The quantitative estimate of drug-likeness (QED) is 0.540. The molecule has 0 aliphatic carbocycles. The van der Waals surface area contributed by atoms with Gasteiger partial charge in [-0.15, -0.1) is 0 Å². The number of ketones is 1. The number of amides is 1. The molecule has 1 rings (SSSR count). The predicted molar refractivity (Wildman–Crippen MR) is 78.9 cm³/mol. The van der Waals surface area contributed by atoms with Crippen LogP contribution in [0.15, 0.2) is 30.3 Å². The molecule has 9 heteroatoms. The van der Waals surface area contributed by atoms with Crippen molar-refractivity contribution in [2.45, 2.75) is 31.8 Å². The maximum Gasteiger partial charge on any atom is 0.408 e. The molecule has 0 aliphatic heterocycles. The SMILES string of the molecule is CC(N)C(=O)CC(NC(=O)OCc1ccccc1)P(=O)(O)O. The fourth-order valence-electron chi connectivity index (χ4n) is 1.53. The van der Waals surface area contributed by atoms with E-state index in [9.17, 15) is 23.9 Å². The molecule has 5 N–H and O–H groups in total. The van der Waals surface area contributed by atoms with Crippen molar-refractivity contribution in [3.63, 3.8) is 0 Å². The maximum absolute atomic E-state index is 11.6. The summed E-state index contributed by atoms with van der Waals surface area (Å²) in [5.41, 5.74) is 6.07. The molecule has 0 saturated heterocycles. The van der Waals surface area contributed by atoms with Crippen LogP contribution < -0.4 is 11.1 Å².